The van der Waals surface area contributed by atoms with Crippen LogP contribution in [0.2, 0.25) is 0 Å². The first-order chi connectivity index (χ1) is 15.2. The smallest absolute Gasteiger partial charge is 0.224 e. The van der Waals surface area contributed by atoms with Gasteiger partial charge in [0.05, 0.1) is 28.8 Å². The lowest BCUT2D eigenvalue weighted by molar-refractivity contribution is 0.0978. The first kappa shape index (κ1) is 22.6. The highest BCUT2D eigenvalue weighted by atomic mass is 16.1. The van der Waals surface area contributed by atoms with Crippen molar-refractivity contribution in [3.8, 4) is 0 Å². The summed E-state index contributed by atoms with van der Waals surface area (Å²) in [6, 6.07) is 13.7. The molecule has 1 aliphatic rings. The summed E-state index contributed by atoms with van der Waals surface area (Å²) in [5, 5.41) is 11.5. The van der Waals surface area contributed by atoms with Crippen LogP contribution in [0.4, 0.5) is 5.69 Å². The molecule has 0 heterocycles. The molecule has 7 heteroatoms. The molecule has 1 unspecified atom stereocenters. The molecule has 0 fully saturated rings. The molecule has 0 bridgehead atoms. The number of carbonyl (C=O) groups is 2. The lowest BCUT2D eigenvalue weighted by Gasteiger charge is -2.21. The molecule has 2 aromatic rings. The number of anilines is 1. The van der Waals surface area contributed by atoms with Crippen molar-refractivity contribution in [3.05, 3.63) is 89.0 Å². The van der Waals surface area contributed by atoms with Crippen molar-refractivity contribution in [1.82, 2.24) is 0 Å². The summed E-state index contributed by atoms with van der Waals surface area (Å²) in [5.74, 6) is -0.134. The zero-order valence-corrected chi connectivity index (χ0v) is 18.3. The topological polar surface area (TPSA) is 121 Å². The minimum absolute atomic E-state index is 0.137. The van der Waals surface area contributed by atoms with E-state index in [2.05, 4.69) is 21.9 Å². The minimum atomic E-state index is -0.536. The van der Waals surface area contributed by atoms with Crippen molar-refractivity contribution in [2.45, 2.75) is 26.8 Å². The van der Waals surface area contributed by atoms with E-state index in [4.69, 9.17) is 11.1 Å². The Kier molecular flexibility index (Phi) is 6.59. The number of ketones is 2. The number of hydrogen-bond donors (Lipinski definition) is 3. The molecule has 32 heavy (non-hydrogen) atoms. The van der Waals surface area contributed by atoms with Crippen molar-refractivity contribution >= 4 is 34.8 Å². The van der Waals surface area contributed by atoms with Crippen LogP contribution in [0.25, 0.3) is 0 Å². The molecule has 0 radical (unpaired) electrons. The van der Waals surface area contributed by atoms with Gasteiger partial charge in [-0.3, -0.25) is 9.59 Å². The third kappa shape index (κ3) is 4.46. The van der Waals surface area contributed by atoms with E-state index in [0.29, 0.717) is 22.5 Å². The van der Waals surface area contributed by atoms with E-state index in [1.807, 2.05) is 30.3 Å². The Morgan fingerprint density at radius 1 is 1.12 bits per heavy atom. The Hall–Kier alpha value is -4.13. The van der Waals surface area contributed by atoms with Crippen LogP contribution in [-0.4, -0.2) is 35.1 Å². The summed E-state index contributed by atoms with van der Waals surface area (Å²) < 4.78 is 0. The van der Waals surface area contributed by atoms with Crippen LogP contribution < -0.4 is 11.1 Å². The number of nitrogens with zero attached hydrogens (tertiary/aromatic N) is 2. The molecular formula is C25H25N5O2. The zero-order chi connectivity index (χ0) is 23.4. The molecule has 3 rings (SSSR count). The maximum absolute atomic E-state index is 13.1. The van der Waals surface area contributed by atoms with Crippen molar-refractivity contribution < 1.29 is 9.59 Å². The molecule has 1 aliphatic carbocycles. The Morgan fingerprint density at radius 3 is 2.44 bits per heavy atom. The Morgan fingerprint density at radius 2 is 1.81 bits per heavy atom. The van der Waals surface area contributed by atoms with Crippen LogP contribution in [0.5, 0.6) is 0 Å². The zero-order valence-electron chi connectivity index (χ0n) is 18.3. The van der Waals surface area contributed by atoms with Gasteiger partial charge in [0.25, 0.3) is 0 Å². The Labute approximate surface area is 187 Å². The van der Waals surface area contributed by atoms with Crippen molar-refractivity contribution in [2.75, 3.05) is 5.32 Å². The summed E-state index contributed by atoms with van der Waals surface area (Å²) in [5.41, 5.74) is 8.41. The standard InChI is InChI=1S/C25H25N5O2/c1-5-18-14(2)23(31)19-12-9-13-20(21(19)24(18)32)30-25(29-16(4)26)28-15(3)22(27)17-10-7-6-8-11-17/h5-13,15,27H,1H2,2-4H3,(H3,26,28,29,30). The fourth-order valence-electron chi connectivity index (χ4n) is 3.45. The summed E-state index contributed by atoms with van der Waals surface area (Å²) in [6.45, 7) is 8.68. The van der Waals surface area contributed by atoms with Gasteiger partial charge in [0.2, 0.25) is 5.96 Å². The number of aliphatic imine (C=N–C) groups is 2. The van der Waals surface area contributed by atoms with Gasteiger partial charge in [0, 0.05) is 16.7 Å². The number of rotatable bonds is 5. The summed E-state index contributed by atoms with van der Waals surface area (Å²) in [7, 11) is 0. The number of carbonyl (C=O) groups excluding carboxylic acids is 2. The summed E-state index contributed by atoms with van der Waals surface area (Å²) in [6.07, 6.45) is 1.40. The molecule has 0 amide bonds. The number of fused-ring (bicyclic) bond motifs is 1. The number of benzene rings is 2. The molecule has 1 atom stereocenters. The lowest BCUT2D eigenvalue weighted by atomic mass is 9.84. The first-order valence-electron chi connectivity index (χ1n) is 10.1. The van der Waals surface area contributed by atoms with Gasteiger partial charge >= 0.3 is 0 Å². The van der Waals surface area contributed by atoms with Crippen LogP contribution >= 0.6 is 0 Å². The van der Waals surface area contributed by atoms with E-state index in [1.54, 1.807) is 39.0 Å². The average Bonchev–Trinajstić information content (AvgIpc) is 2.77. The normalized spacial score (nSPS) is 15.3. The van der Waals surface area contributed by atoms with E-state index < -0.39 is 6.04 Å². The van der Waals surface area contributed by atoms with Crippen molar-refractivity contribution in [1.29, 1.82) is 5.41 Å². The van der Waals surface area contributed by atoms with Crippen LogP contribution in [0.3, 0.4) is 0 Å². The predicted molar refractivity (Wildman–Crippen MR) is 129 cm³/mol. The van der Waals surface area contributed by atoms with E-state index in [9.17, 15) is 9.59 Å². The third-order valence-electron chi connectivity index (χ3n) is 5.08. The molecule has 0 spiro atoms. The molecule has 0 saturated heterocycles. The maximum atomic E-state index is 13.1. The highest BCUT2D eigenvalue weighted by Gasteiger charge is 2.31. The Bertz CT molecular complexity index is 1200. The highest BCUT2D eigenvalue weighted by Crippen LogP contribution is 2.31. The van der Waals surface area contributed by atoms with Gasteiger partial charge in [-0.2, -0.15) is 0 Å². The highest BCUT2D eigenvalue weighted by molar-refractivity contribution is 6.30. The monoisotopic (exact) mass is 427 g/mol. The van der Waals surface area contributed by atoms with E-state index >= 15 is 0 Å². The molecule has 162 valence electrons. The number of Topliss-reactive ketones (excluding diaryl/α,β-unsaturated/α-hetero) is 2. The van der Waals surface area contributed by atoms with Crippen LogP contribution in [0.1, 0.15) is 47.1 Å². The quantitative estimate of drug-likeness (QED) is 0.490. The second-order valence-electron chi connectivity index (χ2n) is 7.42. The van der Waals surface area contributed by atoms with Gasteiger partial charge in [-0.05, 0) is 32.4 Å². The second kappa shape index (κ2) is 9.34. The number of hydrogen-bond acceptors (Lipinski definition) is 4. The molecule has 0 saturated carbocycles. The van der Waals surface area contributed by atoms with Gasteiger partial charge in [-0.25, -0.2) is 9.98 Å². The average molecular weight is 428 g/mol. The molecule has 0 aromatic heterocycles. The van der Waals surface area contributed by atoms with E-state index in [-0.39, 0.29) is 34.5 Å². The number of nitrogens with one attached hydrogen (secondary N) is 2. The third-order valence-corrected chi connectivity index (χ3v) is 5.08. The lowest BCUT2D eigenvalue weighted by Crippen LogP contribution is -2.25. The largest absolute Gasteiger partial charge is 0.387 e. The minimum Gasteiger partial charge on any atom is -0.387 e. The predicted octanol–water partition coefficient (Wildman–Crippen LogP) is 4.17. The van der Waals surface area contributed by atoms with Crippen molar-refractivity contribution in [2.24, 2.45) is 15.7 Å². The summed E-state index contributed by atoms with van der Waals surface area (Å²) >= 11 is 0. The second-order valence-corrected chi connectivity index (χ2v) is 7.42. The number of nitrogens with two attached hydrogens (primary N) is 1. The molecule has 0 aliphatic heterocycles. The van der Waals surface area contributed by atoms with Gasteiger partial charge < -0.3 is 16.5 Å². The van der Waals surface area contributed by atoms with Gasteiger partial charge in [-0.1, -0.05) is 55.1 Å². The van der Waals surface area contributed by atoms with Gasteiger partial charge in [0.1, 0.15) is 0 Å². The van der Waals surface area contributed by atoms with Gasteiger partial charge in [-0.15, -0.1) is 0 Å². The van der Waals surface area contributed by atoms with Crippen LogP contribution in [0.15, 0.2) is 82.3 Å². The maximum Gasteiger partial charge on any atom is 0.224 e. The first-order valence-corrected chi connectivity index (χ1v) is 10.1. The Balaban J connectivity index is 2.02. The molecule has 7 nitrogen and oxygen atoms in total. The fourth-order valence-corrected chi connectivity index (χ4v) is 3.45. The molecule has 4 N–H and O–H groups in total. The number of amidine groups is 1. The number of allylic oxidation sites excluding steroid dienone is 3. The van der Waals surface area contributed by atoms with E-state index in [1.165, 1.54) is 6.08 Å². The SMILES string of the molecule is C=CC1=C(C)C(=O)c2cccc(NC(N=C(C)N)=NC(C)C(=N)c3ccccc3)c2C1=O. The van der Waals surface area contributed by atoms with Crippen LogP contribution in [-0.2, 0) is 0 Å². The van der Waals surface area contributed by atoms with Crippen LogP contribution in [0, 0.1) is 5.41 Å². The summed E-state index contributed by atoms with van der Waals surface area (Å²) in [4.78, 5) is 34.6. The number of guanidine groups is 1. The van der Waals surface area contributed by atoms with E-state index in [0.717, 1.165) is 5.56 Å². The van der Waals surface area contributed by atoms with Crippen molar-refractivity contribution in [3.63, 3.8) is 0 Å². The molecular weight excluding hydrogens is 402 g/mol. The van der Waals surface area contributed by atoms with Gasteiger partial charge in [0.15, 0.2) is 11.6 Å². The molecule has 2 aromatic carbocycles. The fraction of sp³-hybridized carbons (Fsp3) is 0.160.